The van der Waals surface area contributed by atoms with Gasteiger partial charge in [0, 0.05) is 45.7 Å². The highest BCUT2D eigenvalue weighted by Crippen LogP contribution is 2.12. The molecular formula is C15H30IN5O2. The largest absolute Gasteiger partial charge is 0.357 e. The Bertz CT molecular complexity index is 426. The van der Waals surface area contributed by atoms with Gasteiger partial charge in [-0.2, -0.15) is 0 Å². The van der Waals surface area contributed by atoms with E-state index in [-0.39, 0.29) is 54.3 Å². The van der Waals surface area contributed by atoms with Gasteiger partial charge in [0.05, 0.1) is 0 Å². The molecule has 1 heterocycles. The van der Waals surface area contributed by atoms with Crippen molar-refractivity contribution in [2.45, 2.75) is 33.2 Å². The Hall–Kier alpha value is -1.06. The van der Waals surface area contributed by atoms with Crippen LogP contribution in [0.1, 0.15) is 27.2 Å². The fourth-order valence-corrected chi connectivity index (χ4v) is 2.24. The van der Waals surface area contributed by atoms with Crippen molar-refractivity contribution < 1.29 is 9.59 Å². The lowest BCUT2D eigenvalue weighted by Crippen LogP contribution is -2.45. The van der Waals surface area contributed by atoms with Gasteiger partial charge in [0.1, 0.15) is 6.54 Å². The van der Waals surface area contributed by atoms with E-state index in [2.05, 4.69) is 15.6 Å². The fraction of sp³-hybridized carbons (Fsp3) is 0.800. The van der Waals surface area contributed by atoms with Crippen molar-refractivity contribution in [3.8, 4) is 0 Å². The van der Waals surface area contributed by atoms with Crippen LogP contribution in [-0.2, 0) is 9.59 Å². The first-order chi connectivity index (χ1) is 10.3. The zero-order valence-corrected chi connectivity index (χ0v) is 17.1. The molecule has 1 aliphatic rings. The van der Waals surface area contributed by atoms with Gasteiger partial charge >= 0.3 is 0 Å². The van der Waals surface area contributed by atoms with E-state index >= 15 is 0 Å². The van der Waals surface area contributed by atoms with E-state index in [1.165, 1.54) is 4.90 Å². The van der Waals surface area contributed by atoms with E-state index in [1.54, 1.807) is 14.1 Å². The number of carbonyl (C=O) groups excluding carboxylic acids is 2. The van der Waals surface area contributed by atoms with E-state index in [0.29, 0.717) is 12.5 Å². The lowest BCUT2D eigenvalue weighted by atomic mass is 10.2. The van der Waals surface area contributed by atoms with E-state index in [0.717, 1.165) is 19.5 Å². The van der Waals surface area contributed by atoms with Crippen molar-refractivity contribution in [1.82, 2.24) is 20.4 Å². The first kappa shape index (κ1) is 21.9. The van der Waals surface area contributed by atoms with Crippen molar-refractivity contribution in [3.05, 3.63) is 0 Å². The van der Waals surface area contributed by atoms with E-state index in [9.17, 15) is 9.59 Å². The molecule has 0 aromatic carbocycles. The molecule has 0 aromatic heterocycles. The summed E-state index contributed by atoms with van der Waals surface area (Å²) in [6.07, 6.45) is 0.893. The van der Waals surface area contributed by atoms with Crippen LogP contribution >= 0.6 is 24.0 Å². The van der Waals surface area contributed by atoms with Gasteiger partial charge in [-0.25, -0.2) is 4.99 Å². The second kappa shape index (κ2) is 10.7. The summed E-state index contributed by atoms with van der Waals surface area (Å²) in [6.45, 7) is 8.11. The van der Waals surface area contributed by atoms with E-state index in [1.807, 2.05) is 25.7 Å². The van der Waals surface area contributed by atoms with Crippen LogP contribution in [0.4, 0.5) is 0 Å². The maximum atomic E-state index is 12.0. The van der Waals surface area contributed by atoms with Crippen molar-refractivity contribution in [1.29, 1.82) is 0 Å². The number of carbonyl (C=O) groups is 2. The highest BCUT2D eigenvalue weighted by atomic mass is 127. The molecule has 1 rings (SSSR count). The molecule has 0 spiro atoms. The zero-order valence-electron chi connectivity index (χ0n) is 14.8. The number of nitrogens with one attached hydrogen (secondary N) is 2. The molecule has 0 saturated carbocycles. The summed E-state index contributed by atoms with van der Waals surface area (Å²) in [5.41, 5.74) is 0. The number of rotatable bonds is 5. The van der Waals surface area contributed by atoms with Crippen molar-refractivity contribution in [2.24, 2.45) is 10.9 Å². The molecule has 7 nitrogen and oxygen atoms in total. The third-order valence-corrected chi connectivity index (χ3v) is 3.55. The van der Waals surface area contributed by atoms with Crippen LogP contribution < -0.4 is 10.6 Å². The minimum Gasteiger partial charge on any atom is -0.357 e. The van der Waals surface area contributed by atoms with Gasteiger partial charge in [-0.3, -0.25) is 9.59 Å². The average molecular weight is 439 g/mol. The molecule has 0 aromatic rings. The van der Waals surface area contributed by atoms with Crippen LogP contribution in [0.5, 0.6) is 0 Å². The molecule has 0 bridgehead atoms. The molecule has 1 fully saturated rings. The van der Waals surface area contributed by atoms with Crippen LogP contribution in [0.2, 0.25) is 0 Å². The lowest BCUT2D eigenvalue weighted by molar-refractivity contribution is -0.133. The predicted molar refractivity (Wildman–Crippen MR) is 103 cm³/mol. The van der Waals surface area contributed by atoms with Gasteiger partial charge in [0.2, 0.25) is 11.8 Å². The van der Waals surface area contributed by atoms with Crippen LogP contribution in [0.15, 0.2) is 4.99 Å². The molecule has 1 atom stereocenters. The number of nitrogens with zero attached hydrogens (tertiary/aromatic N) is 3. The first-order valence-electron chi connectivity index (χ1n) is 7.88. The molecule has 8 heteroatoms. The molecule has 23 heavy (non-hydrogen) atoms. The number of hydrogen-bond donors (Lipinski definition) is 2. The molecule has 2 N–H and O–H groups in total. The van der Waals surface area contributed by atoms with Gasteiger partial charge in [-0.1, -0.05) is 13.8 Å². The Kier molecular flexibility index (Phi) is 10.2. The molecule has 1 unspecified atom stereocenters. The number of guanidine groups is 1. The number of amides is 2. The van der Waals surface area contributed by atoms with Gasteiger partial charge < -0.3 is 20.4 Å². The first-order valence-corrected chi connectivity index (χ1v) is 7.88. The number of hydrogen-bond acceptors (Lipinski definition) is 3. The average Bonchev–Trinajstić information content (AvgIpc) is 2.91. The minimum absolute atomic E-state index is 0. The number of halogens is 1. The molecular weight excluding hydrogens is 409 g/mol. The normalized spacial score (nSPS) is 17.7. The Labute approximate surface area is 156 Å². The van der Waals surface area contributed by atoms with E-state index < -0.39 is 0 Å². The molecule has 0 aliphatic carbocycles. The zero-order chi connectivity index (χ0) is 16.7. The molecule has 134 valence electrons. The maximum absolute atomic E-state index is 12.0. The lowest BCUT2D eigenvalue weighted by Gasteiger charge is -2.20. The Morgan fingerprint density at radius 1 is 1.35 bits per heavy atom. The number of likely N-dealkylation sites (tertiary alicyclic amines) is 1. The third-order valence-electron chi connectivity index (χ3n) is 3.55. The highest BCUT2D eigenvalue weighted by Gasteiger charge is 2.27. The highest BCUT2D eigenvalue weighted by molar-refractivity contribution is 14.0. The summed E-state index contributed by atoms with van der Waals surface area (Å²) in [5, 5.41) is 6.44. The van der Waals surface area contributed by atoms with Gasteiger partial charge in [0.25, 0.3) is 0 Å². The molecule has 1 saturated heterocycles. The van der Waals surface area contributed by atoms with Crippen LogP contribution in [0.3, 0.4) is 0 Å². The van der Waals surface area contributed by atoms with Gasteiger partial charge in [-0.05, 0) is 13.3 Å². The SMILES string of the molecule is CCNC(=NCC(=O)N(C)C)NC1CCN(C(=O)C(C)C)C1.I. The number of aliphatic imine (C=N–C) groups is 1. The summed E-state index contributed by atoms with van der Waals surface area (Å²) in [6, 6.07) is 0.176. The maximum Gasteiger partial charge on any atom is 0.243 e. The van der Waals surface area contributed by atoms with Gasteiger partial charge in [0.15, 0.2) is 5.96 Å². The number of likely N-dealkylation sites (N-methyl/N-ethyl adjacent to an activating group) is 1. The van der Waals surface area contributed by atoms with Crippen LogP contribution in [-0.4, -0.2) is 73.9 Å². The summed E-state index contributed by atoms with van der Waals surface area (Å²) in [7, 11) is 3.43. The summed E-state index contributed by atoms with van der Waals surface area (Å²) >= 11 is 0. The Morgan fingerprint density at radius 2 is 2.00 bits per heavy atom. The monoisotopic (exact) mass is 439 g/mol. The second-order valence-electron chi connectivity index (χ2n) is 6.05. The van der Waals surface area contributed by atoms with Crippen LogP contribution in [0, 0.1) is 5.92 Å². The van der Waals surface area contributed by atoms with Gasteiger partial charge in [-0.15, -0.1) is 24.0 Å². The quantitative estimate of drug-likeness (QED) is 0.372. The predicted octanol–water partition coefficient (Wildman–Crippen LogP) is 0.505. The van der Waals surface area contributed by atoms with E-state index in [4.69, 9.17) is 0 Å². The molecule has 2 amide bonds. The van der Waals surface area contributed by atoms with Crippen molar-refractivity contribution in [3.63, 3.8) is 0 Å². The second-order valence-corrected chi connectivity index (χ2v) is 6.05. The van der Waals surface area contributed by atoms with Crippen LogP contribution in [0.25, 0.3) is 0 Å². The standard InChI is InChI=1S/C15H29N5O2.HI/c1-6-16-15(17-9-13(21)19(4)5)18-12-7-8-20(10-12)14(22)11(2)3;/h11-12H,6-10H2,1-5H3,(H2,16,17,18);1H. The minimum atomic E-state index is -0.0414. The summed E-state index contributed by atoms with van der Waals surface area (Å²) < 4.78 is 0. The topological polar surface area (TPSA) is 77.0 Å². The van der Waals surface area contributed by atoms with Crippen molar-refractivity contribution >= 4 is 41.8 Å². The Balaban J connectivity index is 0.00000484. The fourth-order valence-electron chi connectivity index (χ4n) is 2.24. The Morgan fingerprint density at radius 3 is 2.52 bits per heavy atom. The molecule has 0 radical (unpaired) electrons. The summed E-state index contributed by atoms with van der Waals surface area (Å²) in [5.74, 6) is 0.800. The smallest absolute Gasteiger partial charge is 0.243 e. The summed E-state index contributed by atoms with van der Waals surface area (Å²) in [4.78, 5) is 31.3. The molecule has 1 aliphatic heterocycles. The third kappa shape index (κ3) is 7.36. The van der Waals surface area contributed by atoms with Crippen molar-refractivity contribution in [2.75, 3.05) is 40.3 Å².